The van der Waals surface area contributed by atoms with Crippen LogP contribution in [0.5, 0.6) is 5.75 Å². The fourth-order valence-corrected chi connectivity index (χ4v) is 6.25. The first-order valence-electron chi connectivity index (χ1n) is 9.87. The molecule has 2 aromatic rings. The predicted octanol–water partition coefficient (Wildman–Crippen LogP) is 2.30. The van der Waals surface area contributed by atoms with Crippen molar-refractivity contribution in [2.75, 3.05) is 29.7 Å². The smallest absolute Gasteiger partial charge is 0.262 e. The molecule has 0 aromatic heterocycles. The molecule has 1 amide bonds. The van der Waals surface area contributed by atoms with E-state index in [1.165, 1.54) is 34.6 Å². The lowest BCUT2D eigenvalue weighted by molar-refractivity contribution is -0.118. The molecule has 0 radical (unpaired) electrons. The van der Waals surface area contributed by atoms with E-state index in [0.29, 0.717) is 24.4 Å². The average molecular weight is 466 g/mol. The molecule has 0 unspecified atom stereocenters. The third-order valence-corrected chi connectivity index (χ3v) is 8.56. The van der Waals surface area contributed by atoms with Crippen molar-refractivity contribution in [1.82, 2.24) is 4.31 Å². The number of anilines is 2. The van der Waals surface area contributed by atoms with Crippen molar-refractivity contribution in [3.63, 3.8) is 0 Å². The molecule has 2 aromatic carbocycles. The van der Waals surface area contributed by atoms with Crippen LogP contribution >= 0.6 is 0 Å². The second-order valence-electron chi connectivity index (χ2n) is 7.54. The first-order valence-corrected chi connectivity index (χ1v) is 12.8. The Morgan fingerprint density at radius 1 is 0.968 bits per heavy atom. The number of piperidine rings is 1. The summed E-state index contributed by atoms with van der Waals surface area (Å²) in [6.45, 7) is 2.48. The Morgan fingerprint density at radius 2 is 1.68 bits per heavy atom. The molecule has 9 nitrogen and oxygen atoms in total. The summed E-state index contributed by atoms with van der Waals surface area (Å²) in [5, 5.41) is 2.57. The number of ether oxygens (including phenoxy) is 1. The summed E-state index contributed by atoms with van der Waals surface area (Å²) in [6.07, 6.45) is 2.61. The van der Waals surface area contributed by atoms with Crippen LogP contribution < -0.4 is 14.8 Å². The lowest BCUT2D eigenvalue weighted by Gasteiger charge is -2.26. The molecule has 11 heteroatoms. The fraction of sp³-hybridized carbons (Fsp3) is 0.350. The minimum atomic E-state index is -4.04. The molecule has 0 atom stereocenters. The van der Waals surface area contributed by atoms with Crippen LogP contribution in [0.2, 0.25) is 0 Å². The minimum absolute atomic E-state index is 0.0452. The van der Waals surface area contributed by atoms with Gasteiger partial charge in [0.05, 0.1) is 21.2 Å². The minimum Gasteiger partial charge on any atom is -0.482 e. The van der Waals surface area contributed by atoms with Crippen LogP contribution in [0.3, 0.4) is 0 Å². The average Bonchev–Trinajstić information content (AvgIpc) is 2.75. The lowest BCUT2D eigenvalue weighted by atomic mass is 10.2. The molecule has 2 aliphatic rings. The normalized spacial score (nSPS) is 17.4. The van der Waals surface area contributed by atoms with Crippen LogP contribution in [0.15, 0.2) is 46.2 Å². The van der Waals surface area contributed by atoms with Crippen LogP contribution in [0, 0.1) is 6.92 Å². The van der Waals surface area contributed by atoms with Gasteiger partial charge in [0.15, 0.2) is 6.61 Å². The van der Waals surface area contributed by atoms with E-state index in [1.54, 1.807) is 13.0 Å². The summed E-state index contributed by atoms with van der Waals surface area (Å²) in [5.74, 6) is 0.00539. The summed E-state index contributed by atoms with van der Waals surface area (Å²) < 4.78 is 61.0. The molecule has 1 saturated heterocycles. The highest BCUT2D eigenvalue weighted by Gasteiger charge is 2.27. The van der Waals surface area contributed by atoms with Crippen molar-refractivity contribution >= 4 is 37.3 Å². The highest BCUT2D eigenvalue weighted by molar-refractivity contribution is 7.92. The summed E-state index contributed by atoms with van der Waals surface area (Å²) in [6, 6.07) is 8.55. The van der Waals surface area contributed by atoms with Gasteiger partial charge in [0, 0.05) is 13.1 Å². The number of benzene rings is 2. The summed E-state index contributed by atoms with van der Waals surface area (Å²) in [5.41, 5.74) is 1.02. The van der Waals surface area contributed by atoms with Gasteiger partial charge in [0.25, 0.3) is 15.9 Å². The topological polar surface area (TPSA) is 122 Å². The Labute approximate surface area is 181 Å². The highest BCUT2D eigenvalue weighted by Crippen LogP contribution is 2.32. The van der Waals surface area contributed by atoms with Crippen molar-refractivity contribution in [3.8, 4) is 5.75 Å². The molecule has 2 N–H and O–H groups in total. The molecule has 4 rings (SSSR count). The van der Waals surface area contributed by atoms with E-state index in [1.807, 2.05) is 0 Å². The SMILES string of the molecule is Cc1ccc(S(=O)(=O)N2CCCCC2)cc1NS(=O)(=O)c1ccc2c(c1)NC(=O)CO2. The van der Waals surface area contributed by atoms with Crippen LogP contribution in [-0.2, 0) is 24.8 Å². The van der Waals surface area contributed by atoms with Crippen LogP contribution in [0.25, 0.3) is 0 Å². The number of fused-ring (bicyclic) bond motifs is 1. The molecule has 1 fully saturated rings. The molecule has 166 valence electrons. The molecule has 0 aliphatic carbocycles. The second kappa shape index (κ2) is 8.13. The maximum Gasteiger partial charge on any atom is 0.262 e. The zero-order valence-corrected chi connectivity index (χ0v) is 18.6. The second-order valence-corrected chi connectivity index (χ2v) is 11.2. The third-order valence-electron chi connectivity index (χ3n) is 5.30. The number of hydrogen-bond donors (Lipinski definition) is 2. The van der Waals surface area contributed by atoms with E-state index in [-0.39, 0.29) is 33.7 Å². The molecule has 31 heavy (non-hydrogen) atoms. The van der Waals surface area contributed by atoms with Crippen LogP contribution in [0.4, 0.5) is 11.4 Å². The van der Waals surface area contributed by atoms with Gasteiger partial charge < -0.3 is 10.1 Å². The standard InChI is InChI=1S/C20H23N3O6S2/c1-14-5-6-16(31(27,28)23-9-3-2-4-10-23)12-17(14)22-30(25,26)15-7-8-19-18(11-15)21-20(24)13-29-19/h5-8,11-12,22H,2-4,9-10,13H2,1H3,(H,21,24). The van der Waals surface area contributed by atoms with Gasteiger partial charge in [-0.25, -0.2) is 16.8 Å². The van der Waals surface area contributed by atoms with Crippen LogP contribution in [0.1, 0.15) is 24.8 Å². The molecule has 2 aliphatic heterocycles. The zero-order valence-electron chi connectivity index (χ0n) is 16.9. The number of amides is 1. The zero-order chi connectivity index (χ0) is 22.2. The van der Waals surface area contributed by atoms with E-state index in [4.69, 9.17) is 4.74 Å². The van der Waals surface area contributed by atoms with E-state index >= 15 is 0 Å². The van der Waals surface area contributed by atoms with Crippen molar-refractivity contribution in [2.45, 2.75) is 36.0 Å². The monoisotopic (exact) mass is 465 g/mol. The highest BCUT2D eigenvalue weighted by atomic mass is 32.2. The molecule has 2 heterocycles. The number of nitrogens with zero attached hydrogens (tertiary/aromatic N) is 1. The van der Waals surface area contributed by atoms with Gasteiger partial charge in [-0.05, 0) is 55.7 Å². The number of carbonyl (C=O) groups excluding carboxylic acids is 1. The number of rotatable bonds is 5. The number of hydrogen-bond acceptors (Lipinski definition) is 6. The first kappa shape index (κ1) is 21.6. The Balaban J connectivity index is 1.64. The van der Waals surface area contributed by atoms with Crippen LogP contribution in [-0.4, -0.2) is 46.7 Å². The Morgan fingerprint density at radius 3 is 2.42 bits per heavy atom. The van der Waals surface area contributed by atoms with E-state index in [0.717, 1.165) is 19.3 Å². The lowest BCUT2D eigenvalue weighted by Crippen LogP contribution is -2.35. The van der Waals surface area contributed by atoms with Gasteiger partial charge in [0.1, 0.15) is 5.75 Å². The largest absolute Gasteiger partial charge is 0.482 e. The summed E-state index contributed by atoms with van der Waals surface area (Å²) >= 11 is 0. The fourth-order valence-electron chi connectivity index (χ4n) is 3.56. The Hall–Kier alpha value is -2.63. The Bertz CT molecular complexity index is 1240. The predicted molar refractivity (Wildman–Crippen MR) is 115 cm³/mol. The molecule has 0 bridgehead atoms. The van der Waals surface area contributed by atoms with Gasteiger partial charge in [0.2, 0.25) is 10.0 Å². The number of aryl methyl sites for hydroxylation is 1. The van der Waals surface area contributed by atoms with Crippen molar-refractivity contribution < 1.29 is 26.4 Å². The third kappa shape index (κ3) is 4.39. The van der Waals surface area contributed by atoms with E-state index in [2.05, 4.69) is 10.0 Å². The van der Waals surface area contributed by atoms with Crippen molar-refractivity contribution in [1.29, 1.82) is 0 Å². The van der Waals surface area contributed by atoms with E-state index in [9.17, 15) is 21.6 Å². The number of nitrogens with one attached hydrogen (secondary N) is 2. The van der Waals surface area contributed by atoms with Gasteiger partial charge in [-0.2, -0.15) is 4.31 Å². The van der Waals surface area contributed by atoms with Gasteiger partial charge >= 0.3 is 0 Å². The first-order chi connectivity index (χ1) is 14.7. The molecular formula is C20H23N3O6S2. The Kier molecular flexibility index (Phi) is 5.67. The maximum absolute atomic E-state index is 13.0. The number of sulfonamides is 2. The quantitative estimate of drug-likeness (QED) is 0.699. The summed E-state index contributed by atoms with van der Waals surface area (Å²) in [7, 11) is -7.74. The van der Waals surface area contributed by atoms with Crippen molar-refractivity contribution in [3.05, 3.63) is 42.0 Å². The molecule has 0 spiro atoms. The van der Waals surface area contributed by atoms with Gasteiger partial charge in [-0.15, -0.1) is 0 Å². The molecule has 0 saturated carbocycles. The van der Waals surface area contributed by atoms with Gasteiger partial charge in [-0.1, -0.05) is 12.5 Å². The van der Waals surface area contributed by atoms with E-state index < -0.39 is 20.0 Å². The maximum atomic E-state index is 13.0. The molecular weight excluding hydrogens is 442 g/mol. The van der Waals surface area contributed by atoms with Crippen molar-refractivity contribution in [2.24, 2.45) is 0 Å². The summed E-state index contributed by atoms with van der Waals surface area (Å²) in [4.78, 5) is 11.5. The van der Waals surface area contributed by atoms with Gasteiger partial charge in [-0.3, -0.25) is 9.52 Å². The number of carbonyl (C=O) groups is 1.